The van der Waals surface area contributed by atoms with Crippen LogP contribution in [0.4, 0.5) is 10.1 Å². The highest BCUT2D eigenvalue weighted by Crippen LogP contribution is 2.16. The second-order valence-corrected chi connectivity index (χ2v) is 4.98. The Morgan fingerprint density at radius 1 is 1.44 bits per heavy atom. The number of rotatable bonds is 4. The largest absolute Gasteiger partial charge is 0.330 e. The van der Waals surface area contributed by atoms with Crippen molar-refractivity contribution in [1.29, 1.82) is 0 Å². The van der Waals surface area contributed by atoms with E-state index in [1.54, 1.807) is 6.07 Å². The molecule has 92 valence electrons. The molecule has 0 atom stereocenters. The summed E-state index contributed by atoms with van der Waals surface area (Å²) in [5.41, 5.74) is 6.02. The number of hydrogen-bond donors (Lipinski definition) is 2. The fraction of sp³-hybridized carbons (Fsp3) is 0.333. The van der Waals surface area contributed by atoms with Crippen molar-refractivity contribution in [3.63, 3.8) is 0 Å². The smallest absolute Gasteiger partial charge is 0.229 e. The minimum atomic E-state index is -3.44. The molecule has 0 fully saturated rings. The zero-order valence-corrected chi connectivity index (χ0v) is 10.4. The maximum atomic E-state index is 13.3. The van der Waals surface area contributed by atoms with Crippen molar-refractivity contribution in [3.05, 3.63) is 29.6 Å². The molecule has 0 spiro atoms. The van der Waals surface area contributed by atoms with Crippen LogP contribution in [0.3, 0.4) is 0 Å². The molecule has 0 heterocycles. The van der Waals surface area contributed by atoms with Gasteiger partial charge in [0.25, 0.3) is 0 Å². The van der Waals surface area contributed by atoms with Gasteiger partial charge in [0, 0.05) is 0 Å². The summed E-state index contributed by atoms with van der Waals surface area (Å²) < 4.78 is 37.2. The third-order valence-electron chi connectivity index (χ3n) is 1.76. The van der Waals surface area contributed by atoms with Crippen LogP contribution in [0.5, 0.6) is 0 Å². The molecule has 4 nitrogen and oxygen atoms in total. The molecule has 0 bridgehead atoms. The number of hydrogen-bond acceptors (Lipinski definition) is 3. The van der Waals surface area contributed by atoms with Crippen molar-refractivity contribution in [2.75, 3.05) is 17.5 Å². The molecule has 0 aliphatic carbocycles. The van der Waals surface area contributed by atoms with Crippen molar-refractivity contribution in [2.45, 2.75) is 6.42 Å². The highest BCUT2D eigenvalue weighted by atomic mass is 35.5. The van der Waals surface area contributed by atoms with Crippen LogP contribution in [0, 0.1) is 5.82 Å². The summed E-state index contributed by atoms with van der Waals surface area (Å²) in [5, 5.41) is 0. The second kappa shape index (κ2) is 6.03. The van der Waals surface area contributed by atoms with E-state index in [2.05, 4.69) is 4.72 Å². The summed E-state index contributed by atoms with van der Waals surface area (Å²) in [6, 6.07) is 4.31. The standard InChI is InChI=1S/C9H13FN2O2S.ClH/c1-15(13,14)12-9-3-2-7(4-5-11)6-8(9)10;/h2-3,6,12H,4-5,11H2,1H3;1H. The minimum absolute atomic E-state index is 0. The maximum Gasteiger partial charge on any atom is 0.229 e. The Bertz CT molecular complexity index is 451. The molecule has 0 aliphatic heterocycles. The lowest BCUT2D eigenvalue weighted by Crippen LogP contribution is -2.11. The molecule has 0 aliphatic rings. The van der Waals surface area contributed by atoms with Crippen LogP contribution < -0.4 is 10.5 Å². The topological polar surface area (TPSA) is 72.2 Å². The second-order valence-electron chi connectivity index (χ2n) is 3.23. The zero-order chi connectivity index (χ0) is 11.5. The number of sulfonamides is 1. The van der Waals surface area contributed by atoms with Gasteiger partial charge < -0.3 is 5.73 Å². The van der Waals surface area contributed by atoms with Crippen molar-refractivity contribution in [1.82, 2.24) is 0 Å². The molecule has 1 aromatic rings. The van der Waals surface area contributed by atoms with Gasteiger partial charge in [-0.05, 0) is 30.7 Å². The Morgan fingerprint density at radius 2 is 2.06 bits per heavy atom. The van der Waals surface area contributed by atoms with Crippen LogP contribution in [0.25, 0.3) is 0 Å². The number of nitrogens with two attached hydrogens (primary N) is 1. The Labute approximate surface area is 100 Å². The molecule has 1 rings (SSSR count). The van der Waals surface area contributed by atoms with Crippen LogP contribution in [0.1, 0.15) is 5.56 Å². The average Bonchev–Trinajstić information content (AvgIpc) is 2.08. The Kier molecular flexibility index (Phi) is 5.71. The summed E-state index contributed by atoms with van der Waals surface area (Å²) in [4.78, 5) is 0. The lowest BCUT2D eigenvalue weighted by atomic mass is 10.1. The Hall–Kier alpha value is -0.850. The van der Waals surface area contributed by atoms with Gasteiger partial charge in [0.1, 0.15) is 5.82 Å². The van der Waals surface area contributed by atoms with Crippen LogP contribution >= 0.6 is 12.4 Å². The molecule has 0 radical (unpaired) electrons. The van der Waals surface area contributed by atoms with Crippen LogP contribution in [0.15, 0.2) is 18.2 Å². The van der Waals surface area contributed by atoms with Gasteiger partial charge in [0.15, 0.2) is 0 Å². The van der Waals surface area contributed by atoms with Gasteiger partial charge in [-0.15, -0.1) is 12.4 Å². The molecule has 7 heteroatoms. The molecule has 0 amide bonds. The van der Waals surface area contributed by atoms with Gasteiger partial charge >= 0.3 is 0 Å². The molecule has 0 saturated carbocycles. The van der Waals surface area contributed by atoms with E-state index in [-0.39, 0.29) is 18.1 Å². The summed E-state index contributed by atoms with van der Waals surface area (Å²) in [6.45, 7) is 0.429. The van der Waals surface area contributed by atoms with Crippen molar-refractivity contribution < 1.29 is 12.8 Å². The van der Waals surface area contributed by atoms with Gasteiger partial charge in [-0.1, -0.05) is 6.07 Å². The van der Waals surface area contributed by atoms with E-state index in [0.717, 1.165) is 11.8 Å². The van der Waals surface area contributed by atoms with E-state index < -0.39 is 15.8 Å². The predicted molar refractivity (Wildman–Crippen MR) is 64.9 cm³/mol. The lowest BCUT2D eigenvalue weighted by Gasteiger charge is -2.06. The van der Waals surface area contributed by atoms with Crippen LogP contribution in [-0.2, 0) is 16.4 Å². The monoisotopic (exact) mass is 268 g/mol. The first kappa shape index (κ1) is 15.2. The van der Waals surface area contributed by atoms with E-state index in [4.69, 9.17) is 5.73 Å². The number of nitrogens with one attached hydrogen (secondary N) is 1. The van der Waals surface area contributed by atoms with Gasteiger partial charge in [-0.25, -0.2) is 12.8 Å². The molecule has 0 aromatic heterocycles. The van der Waals surface area contributed by atoms with Crippen LogP contribution in [-0.4, -0.2) is 21.2 Å². The fourth-order valence-corrected chi connectivity index (χ4v) is 1.73. The van der Waals surface area contributed by atoms with Crippen molar-refractivity contribution in [3.8, 4) is 0 Å². The first-order chi connectivity index (χ1) is 6.92. The summed E-state index contributed by atoms with van der Waals surface area (Å²) in [7, 11) is -3.44. The van der Waals surface area contributed by atoms with Crippen LogP contribution in [0.2, 0.25) is 0 Å². The number of anilines is 1. The lowest BCUT2D eigenvalue weighted by molar-refractivity contribution is 0.603. The van der Waals surface area contributed by atoms with Crippen molar-refractivity contribution >= 4 is 28.1 Å². The highest BCUT2D eigenvalue weighted by Gasteiger charge is 2.07. The highest BCUT2D eigenvalue weighted by molar-refractivity contribution is 7.92. The fourth-order valence-electron chi connectivity index (χ4n) is 1.16. The van der Waals surface area contributed by atoms with E-state index in [1.165, 1.54) is 12.1 Å². The van der Waals surface area contributed by atoms with E-state index in [1.807, 2.05) is 0 Å². The summed E-state index contributed by atoms with van der Waals surface area (Å²) >= 11 is 0. The molecular weight excluding hydrogens is 255 g/mol. The first-order valence-electron chi connectivity index (χ1n) is 4.38. The van der Waals surface area contributed by atoms with E-state index in [0.29, 0.717) is 13.0 Å². The minimum Gasteiger partial charge on any atom is -0.330 e. The third kappa shape index (κ3) is 4.78. The Balaban J connectivity index is 0.00000225. The molecule has 0 saturated heterocycles. The van der Waals surface area contributed by atoms with Gasteiger partial charge in [0.2, 0.25) is 10.0 Å². The average molecular weight is 269 g/mol. The Morgan fingerprint density at radius 3 is 2.50 bits per heavy atom. The predicted octanol–water partition coefficient (Wildman–Crippen LogP) is 1.12. The first-order valence-corrected chi connectivity index (χ1v) is 6.28. The molecule has 0 unspecified atom stereocenters. The van der Waals surface area contributed by atoms with E-state index in [9.17, 15) is 12.8 Å². The molecular formula is C9H14ClFN2O2S. The molecule has 16 heavy (non-hydrogen) atoms. The third-order valence-corrected chi connectivity index (χ3v) is 2.35. The number of halogens is 2. The van der Waals surface area contributed by atoms with Gasteiger partial charge in [-0.3, -0.25) is 4.72 Å². The maximum absolute atomic E-state index is 13.3. The van der Waals surface area contributed by atoms with Crippen molar-refractivity contribution in [2.24, 2.45) is 5.73 Å². The van der Waals surface area contributed by atoms with Gasteiger partial charge in [0.05, 0.1) is 11.9 Å². The van der Waals surface area contributed by atoms with Gasteiger partial charge in [-0.2, -0.15) is 0 Å². The summed E-state index contributed by atoms with van der Waals surface area (Å²) in [6.07, 6.45) is 1.54. The summed E-state index contributed by atoms with van der Waals surface area (Å²) in [5.74, 6) is -0.591. The molecule has 3 N–H and O–H groups in total. The SMILES string of the molecule is CS(=O)(=O)Nc1ccc(CCN)cc1F.Cl. The quantitative estimate of drug-likeness (QED) is 0.860. The van der Waals surface area contributed by atoms with E-state index >= 15 is 0 Å². The normalized spacial score (nSPS) is 10.7. The zero-order valence-electron chi connectivity index (χ0n) is 8.73. The molecule has 1 aromatic carbocycles. The number of benzene rings is 1.